The van der Waals surface area contributed by atoms with Gasteiger partial charge in [-0.3, -0.25) is 4.79 Å². The summed E-state index contributed by atoms with van der Waals surface area (Å²) in [7, 11) is -3.80. The van der Waals surface area contributed by atoms with E-state index in [1.807, 2.05) is 19.9 Å². The number of benzene rings is 2. The smallest absolute Gasteiger partial charge is 0.239 e. The first kappa shape index (κ1) is 16.2. The first-order valence-corrected chi connectivity index (χ1v) is 8.28. The second-order valence-corrected chi connectivity index (χ2v) is 7.13. The fraction of sp³-hybridized carbons (Fsp3) is 0.188. The van der Waals surface area contributed by atoms with Crippen molar-refractivity contribution in [3.63, 3.8) is 0 Å². The van der Waals surface area contributed by atoms with Crippen molar-refractivity contribution in [2.45, 2.75) is 18.7 Å². The molecule has 0 bridgehead atoms. The molecule has 0 aliphatic heterocycles. The third kappa shape index (κ3) is 4.14. The molecule has 0 aliphatic rings. The molecule has 2 aromatic rings. The summed E-state index contributed by atoms with van der Waals surface area (Å²) in [6.07, 6.45) is 0. The second-order valence-electron chi connectivity index (χ2n) is 5.14. The van der Waals surface area contributed by atoms with Crippen molar-refractivity contribution in [1.29, 1.82) is 0 Å². The number of anilines is 1. The van der Waals surface area contributed by atoms with E-state index in [4.69, 9.17) is 0 Å². The summed E-state index contributed by atoms with van der Waals surface area (Å²) in [4.78, 5) is 11.8. The maximum atomic E-state index is 12.8. The van der Waals surface area contributed by atoms with Gasteiger partial charge >= 0.3 is 0 Å². The van der Waals surface area contributed by atoms with E-state index >= 15 is 0 Å². The minimum atomic E-state index is -3.80. The van der Waals surface area contributed by atoms with E-state index in [9.17, 15) is 17.6 Å². The maximum absolute atomic E-state index is 12.8. The van der Waals surface area contributed by atoms with Gasteiger partial charge in [-0.05, 0) is 61.4 Å². The molecule has 0 saturated carbocycles. The Bertz CT molecular complexity index is 778. The van der Waals surface area contributed by atoms with Crippen LogP contribution in [0.1, 0.15) is 11.1 Å². The van der Waals surface area contributed by atoms with E-state index in [0.29, 0.717) is 5.69 Å². The van der Waals surface area contributed by atoms with Gasteiger partial charge in [-0.1, -0.05) is 6.07 Å². The topological polar surface area (TPSA) is 63.2 Å². The number of hydrogen-bond donors (Lipinski definition) is 1. The molecular formula is C16H16FNO3S. The number of aryl methyl sites for hydroxylation is 2. The molecule has 1 amide bonds. The molecule has 1 N–H and O–H groups in total. The normalized spacial score (nSPS) is 11.2. The van der Waals surface area contributed by atoms with E-state index in [0.717, 1.165) is 35.4 Å². The van der Waals surface area contributed by atoms with Crippen LogP contribution in [-0.2, 0) is 14.6 Å². The van der Waals surface area contributed by atoms with E-state index in [-0.39, 0.29) is 4.90 Å². The SMILES string of the molecule is Cc1cc(C)cc(NC(=O)CS(=O)(=O)c2ccc(F)cc2)c1. The maximum Gasteiger partial charge on any atom is 0.239 e. The first-order chi connectivity index (χ1) is 10.3. The average Bonchev–Trinajstić information content (AvgIpc) is 2.36. The van der Waals surface area contributed by atoms with Crippen molar-refractivity contribution in [1.82, 2.24) is 0 Å². The van der Waals surface area contributed by atoms with Crippen LogP contribution >= 0.6 is 0 Å². The van der Waals surface area contributed by atoms with Gasteiger partial charge in [0.25, 0.3) is 0 Å². The summed E-state index contributed by atoms with van der Waals surface area (Å²) < 4.78 is 37.0. The third-order valence-corrected chi connectivity index (χ3v) is 4.63. The van der Waals surface area contributed by atoms with Crippen molar-refractivity contribution in [2.75, 3.05) is 11.1 Å². The Morgan fingerprint density at radius 2 is 1.59 bits per heavy atom. The molecule has 22 heavy (non-hydrogen) atoms. The molecule has 0 aromatic heterocycles. The molecule has 116 valence electrons. The van der Waals surface area contributed by atoms with Gasteiger partial charge in [-0.15, -0.1) is 0 Å². The predicted molar refractivity (Wildman–Crippen MR) is 83.0 cm³/mol. The van der Waals surface area contributed by atoms with Crippen molar-refractivity contribution >= 4 is 21.4 Å². The Hall–Kier alpha value is -2.21. The van der Waals surface area contributed by atoms with Crippen LogP contribution in [0, 0.1) is 19.7 Å². The summed E-state index contributed by atoms with van der Waals surface area (Å²) in [5.41, 5.74) is 2.49. The number of amides is 1. The molecule has 2 aromatic carbocycles. The number of hydrogen-bond acceptors (Lipinski definition) is 3. The zero-order chi connectivity index (χ0) is 16.3. The van der Waals surface area contributed by atoms with E-state index in [2.05, 4.69) is 5.32 Å². The largest absolute Gasteiger partial charge is 0.325 e. The molecule has 2 rings (SSSR count). The molecule has 0 unspecified atom stereocenters. The summed E-state index contributed by atoms with van der Waals surface area (Å²) in [5, 5.41) is 2.57. The molecule has 0 atom stereocenters. The number of carbonyl (C=O) groups excluding carboxylic acids is 1. The zero-order valence-corrected chi connectivity index (χ0v) is 13.1. The highest BCUT2D eigenvalue weighted by atomic mass is 32.2. The number of nitrogens with one attached hydrogen (secondary N) is 1. The van der Waals surface area contributed by atoms with Crippen molar-refractivity contribution < 1.29 is 17.6 Å². The second kappa shape index (κ2) is 6.27. The lowest BCUT2D eigenvalue weighted by molar-refractivity contribution is -0.113. The number of carbonyl (C=O) groups is 1. The summed E-state index contributed by atoms with van der Waals surface area (Å²) in [5.74, 6) is -1.85. The highest BCUT2D eigenvalue weighted by Gasteiger charge is 2.19. The molecule has 6 heteroatoms. The van der Waals surface area contributed by atoms with Crippen molar-refractivity contribution in [3.05, 3.63) is 59.4 Å². The van der Waals surface area contributed by atoms with Crippen molar-refractivity contribution in [3.8, 4) is 0 Å². The van der Waals surface area contributed by atoms with Crippen LogP contribution in [0.4, 0.5) is 10.1 Å². The van der Waals surface area contributed by atoms with Crippen molar-refractivity contribution in [2.24, 2.45) is 0 Å². The van der Waals surface area contributed by atoms with Crippen LogP contribution < -0.4 is 5.32 Å². The molecular weight excluding hydrogens is 305 g/mol. The quantitative estimate of drug-likeness (QED) is 0.881. The Kier molecular flexibility index (Phi) is 4.61. The van der Waals surface area contributed by atoms with Crippen LogP contribution in [0.3, 0.4) is 0 Å². The summed E-state index contributed by atoms with van der Waals surface area (Å²) in [6.45, 7) is 3.77. The summed E-state index contributed by atoms with van der Waals surface area (Å²) in [6, 6.07) is 9.86. The average molecular weight is 321 g/mol. The van der Waals surface area contributed by atoms with Gasteiger partial charge in [0.1, 0.15) is 11.6 Å². The highest BCUT2D eigenvalue weighted by Crippen LogP contribution is 2.15. The predicted octanol–water partition coefficient (Wildman–Crippen LogP) is 2.85. The van der Waals surface area contributed by atoms with E-state index in [1.165, 1.54) is 0 Å². The third-order valence-electron chi connectivity index (χ3n) is 3.00. The Balaban J connectivity index is 2.12. The molecule has 0 aliphatic carbocycles. The van der Waals surface area contributed by atoms with Crippen LogP contribution in [0.25, 0.3) is 0 Å². The van der Waals surface area contributed by atoms with E-state index < -0.39 is 27.3 Å². The first-order valence-electron chi connectivity index (χ1n) is 6.63. The van der Waals surface area contributed by atoms with Crippen LogP contribution in [-0.4, -0.2) is 20.1 Å². The number of sulfone groups is 1. The molecule has 0 heterocycles. The van der Waals surface area contributed by atoms with E-state index in [1.54, 1.807) is 12.1 Å². The standard InChI is InChI=1S/C16H16FNO3S/c1-11-7-12(2)9-14(8-11)18-16(19)10-22(20,21)15-5-3-13(17)4-6-15/h3-9H,10H2,1-2H3,(H,18,19). The minimum absolute atomic E-state index is 0.0792. The number of halogens is 1. The Labute approximate surface area is 128 Å². The summed E-state index contributed by atoms with van der Waals surface area (Å²) >= 11 is 0. The fourth-order valence-corrected chi connectivity index (χ4v) is 3.28. The Morgan fingerprint density at radius 3 is 2.14 bits per heavy atom. The van der Waals surface area contributed by atoms with Crippen LogP contribution in [0.2, 0.25) is 0 Å². The molecule has 0 fully saturated rings. The van der Waals surface area contributed by atoms with Gasteiger partial charge in [-0.2, -0.15) is 0 Å². The lowest BCUT2D eigenvalue weighted by Gasteiger charge is -2.08. The van der Waals surface area contributed by atoms with Gasteiger partial charge in [0.15, 0.2) is 9.84 Å². The van der Waals surface area contributed by atoms with Gasteiger partial charge in [-0.25, -0.2) is 12.8 Å². The lowest BCUT2D eigenvalue weighted by Crippen LogP contribution is -2.23. The van der Waals surface area contributed by atoms with Gasteiger partial charge in [0.05, 0.1) is 4.90 Å². The monoisotopic (exact) mass is 321 g/mol. The lowest BCUT2D eigenvalue weighted by atomic mass is 10.1. The molecule has 0 spiro atoms. The minimum Gasteiger partial charge on any atom is -0.325 e. The zero-order valence-electron chi connectivity index (χ0n) is 12.3. The molecule has 0 radical (unpaired) electrons. The molecule has 0 saturated heterocycles. The van der Waals surface area contributed by atoms with Crippen LogP contribution in [0.15, 0.2) is 47.4 Å². The Morgan fingerprint density at radius 1 is 1.05 bits per heavy atom. The van der Waals surface area contributed by atoms with Gasteiger partial charge < -0.3 is 5.32 Å². The van der Waals surface area contributed by atoms with Gasteiger partial charge in [0, 0.05) is 5.69 Å². The highest BCUT2D eigenvalue weighted by molar-refractivity contribution is 7.92. The van der Waals surface area contributed by atoms with Crippen LogP contribution in [0.5, 0.6) is 0 Å². The number of rotatable bonds is 4. The molecule has 4 nitrogen and oxygen atoms in total. The van der Waals surface area contributed by atoms with Gasteiger partial charge in [0.2, 0.25) is 5.91 Å². The fourth-order valence-electron chi connectivity index (χ4n) is 2.14.